The summed E-state index contributed by atoms with van der Waals surface area (Å²) in [6.07, 6.45) is 0. The zero-order valence-corrected chi connectivity index (χ0v) is 11.0. The number of halogens is 2. The smallest absolute Gasteiger partial charge is 0.328 e. The van der Waals surface area contributed by atoms with Crippen LogP contribution in [0.3, 0.4) is 0 Å². The Morgan fingerprint density at radius 2 is 2.11 bits per heavy atom. The van der Waals surface area contributed by atoms with Gasteiger partial charge in [0, 0.05) is 7.11 Å². The second-order valence-electron chi connectivity index (χ2n) is 3.42. The summed E-state index contributed by atoms with van der Waals surface area (Å²) < 4.78 is 4.70. The normalized spacial score (nSPS) is 11.9. The molecule has 1 aromatic carbocycles. The van der Waals surface area contributed by atoms with Crippen molar-refractivity contribution in [2.45, 2.75) is 6.04 Å². The highest BCUT2D eigenvalue weighted by Gasteiger charge is 2.22. The molecular weight excluding hydrogens is 281 g/mol. The van der Waals surface area contributed by atoms with E-state index in [0.717, 1.165) is 0 Å². The van der Waals surface area contributed by atoms with Crippen LogP contribution in [0.1, 0.15) is 10.4 Å². The van der Waals surface area contributed by atoms with Crippen molar-refractivity contribution in [2.75, 3.05) is 13.7 Å². The van der Waals surface area contributed by atoms with Crippen LogP contribution in [-0.2, 0) is 9.53 Å². The van der Waals surface area contributed by atoms with Gasteiger partial charge in [-0.1, -0.05) is 29.3 Å². The van der Waals surface area contributed by atoms with Crippen molar-refractivity contribution in [3.63, 3.8) is 0 Å². The summed E-state index contributed by atoms with van der Waals surface area (Å²) in [6.45, 7) is -0.140. The van der Waals surface area contributed by atoms with Crippen LogP contribution in [0, 0.1) is 0 Å². The van der Waals surface area contributed by atoms with E-state index < -0.39 is 17.9 Å². The second kappa shape index (κ2) is 6.58. The minimum absolute atomic E-state index is 0.0817. The van der Waals surface area contributed by atoms with Crippen LogP contribution in [0.2, 0.25) is 10.0 Å². The number of hydrogen-bond donors (Lipinski definition) is 2. The largest absolute Gasteiger partial charge is 0.480 e. The lowest BCUT2D eigenvalue weighted by Gasteiger charge is -2.14. The number of carboxylic acids is 1. The van der Waals surface area contributed by atoms with E-state index in [0.29, 0.717) is 0 Å². The number of nitrogens with one attached hydrogen (secondary N) is 1. The summed E-state index contributed by atoms with van der Waals surface area (Å²) in [5.74, 6) is -1.81. The Hall–Kier alpha value is -1.30. The lowest BCUT2D eigenvalue weighted by Crippen LogP contribution is -2.43. The first kappa shape index (κ1) is 14.8. The van der Waals surface area contributed by atoms with Gasteiger partial charge in [-0.3, -0.25) is 4.79 Å². The SMILES string of the molecule is COCC(NC(=O)c1cccc(Cl)c1Cl)C(=O)O. The molecule has 1 unspecified atom stereocenters. The summed E-state index contributed by atoms with van der Waals surface area (Å²) in [5.41, 5.74) is 0.117. The zero-order valence-electron chi connectivity index (χ0n) is 9.44. The average molecular weight is 292 g/mol. The quantitative estimate of drug-likeness (QED) is 0.868. The van der Waals surface area contributed by atoms with Crippen molar-refractivity contribution in [1.29, 1.82) is 0 Å². The van der Waals surface area contributed by atoms with Gasteiger partial charge in [-0.15, -0.1) is 0 Å². The number of carbonyl (C=O) groups excluding carboxylic acids is 1. The fourth-order valence-corrected chi connectivity index (χ4v) is 1.64. The lowest BCUT2D eigenvalue weighted by molar-refractivity contribution is -0.140. The highest BCUT2D eigenvalue weighted by Crippen LogP contribution is 2.25. The lowest BCUT2D eigenvalue weighted by atomic mass is 10.2. The number of rotatable bonds is 5. The summed E-state index contributed by atoms with van der Waals surface area (Å²) in [7, 11) is 1.34. The Morgan fingerprint density at radius 1 is 1.44 bits per heavy atom. The number of aliphatic carboxylic acids is 1. The molecule has 0 aliphatic heterocycles. The average Bonchev–Trinajstić information content (AvgIpc) is 2.31. The number of hydrogen-bond acceptors (Lipinski definition) is 3. The van der Waals surface area contributed by atoms with Gasteiger partial charge in [0.05, 0.1) is 22.2 Å². The minimum atomic E-state index is -1.19. The van der Waals surface area contributed by atoms with Crippen molar-refractivity contribution >= 4 is 35.1 Å². The first-order valence-electron chi connectivity index (χ1n) is 4.94. The van der Waals surface area contributed by atoms with Gasteiger partial charge in [-0.2, -0.15) is 0 Å². The molecular formula is C11H11Cl2NO4. The van der Waals surface area contributed by atoms with E-state index >= 15 is 0 Å². The van der Waals surface area contributed by atoms with Crippen LogP contribution in [0.15, 0.2) is 18.2 Å². The van der Waals surface area contributed by atoms with Crippen molar-refractivity contribution in [3.05, 3.63) is 33.8 Å². The molecule has 0 heterocycles. The van der Waals surface area contributed by atoms with Gasteiger partial charge < -0.3 is 15.2 Å². The highest BCUT2D eigenvalue weighted by atomic mass is 35.5. The van der Waals surface area contributed by atoms with E-state index in [-0.39, 0.29) is 22.2 Å². The Labute approximate surface area is 114 Å². The molecule has 1 atom stereocenters. The molecule has 0 saturated heterocycles. The maximum atomic E-state index is 11.8. The van der Waals surface area contributed by atoms with E-state index in [1.807, 2.05) is 0 Å². The Kier molecular flexibility index (Phi) is 5.40. The summed E-state index contributed by atoms with van der Waals surface area (Å²) in [4.78, 5) is 22.7. The molecule has 0 fully saturated rings. The van der Waals surface area contributed by atoms with E-state index in [9.17, 15) is 9.59 Å². The monoisotopic (exact) mass is 291 g/mol. The van der Waals surface area contributed by atoms with E-state index in [1.165, 1.54) is 19.2 Å². The molecule has 2 N–H and O–H groups in total. The number of methoxy groups -OCH3 is 1. The van der Waals surface area contributed by atoms with Crippen LogP contribution in [0.4, 0.5) is 0 Å². The van der Waals surface area contributed by atoms with Crippen molar-refractivity contribution in [2.24, 2.45) is 0 Å². The van der Waals surface area contributed by atoms with Crippen LogP contribution < -0.4 is 5.32 Å². The van der Waals surface area contributed by atoms with Crippen LogP contribution >= 0.6 is 23.2 Å². The molecule has 0 spiro atoms. The molecule has 0 radical (unpaired) electrons. The Bertz CT molecular complexity index is 464. The molecule has 5 nitrogen and oxygen atoms in total. The molecule has 1 aromatic rings. The highest BCUT2D eigenvalue weighted by molar-refractivity contribution is 6.43. The molecule has 7 heteroatoms. The fourth-order valence-electron chi connectivity index (χ4n) is 1.26. The molecule has 98 valence electrons. The van der Waals surface area contributed by atoms with Crippen LogP contribution in [0.25, 0.3) is 0 Å². The summed E-state index contributed by atoms with van der Waals surface area (Å²) in [5, 5.41) is 11.5. The standard InChI is InChI=1S/C11H11Cl2NO4/c1-18-5-8(11(16)17)14-10(15)6-3-2-4-7(12)9(6)13/h2-4,8H,5H2,1H3,(H,14,15)(H,16,17). The third-order valence-electron chi connectivity index (χ3n) is 2.13. The topological polar surface area (TPSA) is 75.6 Å². The van der Waals surface area contributed by atoms with Gasteiger partial charge in [0.2, 0.25) is 0 Å². The minimum Gasteiger partial charge on any atom is -0.480 e. The van der Waals surface area contributed by atoms with Gasteiger partial charge in [-0.05, 0) is 12.1 Å². The van der Waals surface area contributed by atoms with Crippen molar-refractivity contribution in [3.8, 4) is 0 Å². The fraction of sp³-hybridized carbons (Fsp3) is 0.273. The zero-order chi connectivity index (χ0) is 13.7. The summed E-state index contributed by atoms with van der Waals surface area (Å²) in [6, 6.07) is 3.40. The summed E-state index contributed by atoms with van der Waals surface area (Å²) >= 11 is 11.6. The van der Waals surface area contributed by atoms with Gasteiger partial charge in [0.25, 0.3) is 5.91 Å². The second-order valence-corrected chi connectivity index (χ2v) is 4.21. The van der Waals surface area contributed by atoms with Crippen LogP contribution in [-0.4, -0.2) is 36.7 Å². The third-order valence-corrected chi connectivity index (χ3v) is 2.95. The van der Waals surface area contributed by atoms with Gasteiger partial charge in [0.15, 0.2) is 6.04 Å². The first-order chi connectivity index (χ1) is 8.47. The van der Waals surface area contributed by atoms with E-state index in [1.54, 1.807) is 6.07 Å². The molecule has 0 aromatic heterocycles. The molecule has 0 aliphatic rings. The number of carboxylic acid groups (broad SMARTS) is 1. The predicted octanol–water partition coefficient (Wildman–Crippen LogP) is 1.82. The molecule has 0 aliphatic carbocycles. The number of benzene rings is 1. The number of carbonyl (C=O) groups is 2. The predicted molar refractivity (Wildman–Crippen MR) is 67.2 cm³/mol. The van der Waals surface area contributed by atoms with E-state index in [4.69, 9.17) is 33.0 Å². The molecule has 0 saturated carbocycles. The maximum absolute atomic E-state index is 11.8. The van der Waals surface area contributed by atoms with Gasteiger partial charge in [0.1, 0.15) is 0 Å². The maximum Gasteiger partial charge on any atom is 0.328 e. The first-order valence-corrected chi connectivity index (χ1v) is 5.69. The number of ether oxygens (including phenoxy) is 1. The van der Waals surface area contributed by atoms with E-state index in [2.05, 4.69) is 5.32 Å². The third kappa shape index (κ3) is 3.60. The molecule has 1 rings (SSSR count). The van der Waals surface area contributed by atoms with Gasteiger partial charge in [-0.25, -0.2) is 4.79 Å². The number of amides is 1. The van der Waals surface area contributed by atoms with Gasteiger partial charge >= 0.3 is 5.97 Å². The molecule has 18 heavy (non-hydrogen) atoms. The van der Waals surface area contributed by atoms with Crippen molar-refractivity contribution in [1.82, 2.24) is 5.32 Å². The Balaban J connectivity index is 2.87. The molecule has 0 bridgehead atoms. The molecule has 1 amide bonds. The van der Waals surface area contributed by atoms with Crippen molar-refractivity contribution < 1.29 is 19.4 Å². The Morgan fingerprint density at radius 3 is 2.67 bits per heavy atom. The van der Waals surface area contributed by atoms with Crippen LogP contribution in [0.5, 0.6) is 0 Å².